The maximum Gasteiger partial charge on any atom is 0.243 e. The Morgan fingerprint density at radius 1 is 1.40 bits per heavy atom. The molecule has 1 saturated carbocycles. The van der Waals surface area contributed by atoms with Crippen LogP contribution in [0.15, 0.2) is 12.4 Å². The van der Waals surface area contributed by atoms with Crippen LogP contribution in [0.2, 0.25) is 0 Å². The van der Waals surface area contributed by atoms with Crippen LogP contribution in [-0.2, 0) is 9.59 Å². The lowest BCUT2D eigenvalue weighted by molar-refractivity contribution is -0.134. The van der Waals surface area contributed by atoms with E-state index >= 15 is 0 Å². The largest absolute Gasteiger partial charge is 0.368 e. The van der Waals surface area contributed by atoms with E-state index in [2.05, 4.69) is 10.3 Å². The van der Waals surface area contributed by atoms with Gasteiger partial charge in [-0.05, 0) is 26.7 Å². The third-order valence-corrected chi connectivity index (χ3v) is 4.20. The van der Waals surface area contributed by atoms with Gasteiger partial charge in [0.25, 0.3) is 0 Å². The van der Waals surface area contributed by atoms with E-state index in [9.17, 15) is 9.59 Å². The van der Waals surface area contributed by atoms with Gasteiger partial charge in [0.1, 0.15) is 17.4 Å². The van der Waals surface area contributed by atoms with Gasteiger partial charge in [-0.1, -0.05) is 19.3 Å². The van der Waals surface area contributed by atoms with Crippen LogP contribution in [0, 0.1) is 6.92 Å². The standard InChI is InChI=1S/C14H22N4O2/c1-10(18-9-8-16-11(18)2)12(19)17-14(13(15)20)6-4-3-5-7-14/h8-10H,3-7H2,1-2H3,(H2,15,20)(H,17,19). The van der Waals surface area contributed by atoms with Crippen molar-refractivity contribution in [3.05, 3.63) is 18.2 Å². The van der Waals surface area contributed by atoms with Crippen molar-refractivity contribution in [2.45, 2.75) is 57.5 Å². The van der Waals surface area contributed by atoms with E-state index in [1.807, 2.05) is 6.92 Å². The first-order chi connectivity index (χ1) is 9.46. The normalized spacial score (nSPS) is 19.3. The molecule has 1 unspecified atom stereocenters. The molecule has 1 atom stereocenters. The molecule has 0 aliphatic heterocycles. The van der Waals surface area contributed by atoms with Crippen molar-refractivity contribution in [3.8, 4) is 0 Å². The highest BCUT2D eigenvalue weighted by Gasteiger charge is 2.40. The number of imidazole rings is 1. The molecule has 2 rings (SSSR count). The van der Waals surface area contributed by atoms with Gasteiger partial charge in [-0.15, -0.1) is 0 Å². The molecule has 1 heterocycles. The number of carbonyl (C=O) groups excluding carboxylic acids is 2. The van der Waals surface area contributed by atoms with Crippen LogP contribution in [-0.4, -0.2) is 26.9 Å². The number of amides is 2. The van der Waals surface area contributed by atoms with Crippen molar-refractivity contribution in [1.82, 2.24) is 14.9 Å². The van der Waals surface area contributed by atoms with Gasteiger partial charge in [-0.3, -0.25) is 9.59 Å². The maximum absolute atomic E-state index is 12.4. The zero-order valence-electron chi connectivity index (χ0n) is 12.1. The summed E-state index contributed by atoms with van der Waals surface area (Å²) in [5.74, 6) is 0.149. The van der Waals surface area contributed by atoms with Gasteiger partial charge < -0.3 is 15.6 Å². The number of rotatable bonds is 4. The number of nitrogens with one attached hydrogen (secondary N) is 1. The van der Waals surface area contributed by atoms with Crippen LogP contribution in [0.1, 0.15) is 50.9 Å². The molecule has 0 aromatic carbocycles. The van der Waals surface area contributed by atoms with Crippen LogP contribution >= 0.6 is 0 Å². The number of nitrogens with two attached hydrogens (primary N) is 1. The number of nitrogens with zero attached hydrogens (tertiary/aromatic N) is 2. The van der Waals surface area contributed by atoms with E-state index < -0.39 is 17.5 Å². The van der Waals surface area contributed by atoms with Crippen LogP contribution in [0.25, 0.3) is 0 Å². The lowest BCUT2D eigenvalue weighted by Crippen LogP contribution is -2.59. The molecule has 0 radical (unpaired) electrons. The third-order valence-electron chi connectivity index (χ3n) is 4.20. The predicted molar refractivity (Wildman–Crippen MR) is 74.8 cm³/mol. The Morgan fingerprint density at radius 2 is 2.05 bits per heavy atom. The quantitative estimate of drug-likeness (QED) is 0.862. The minimum Gasteiger partial charge on any atom is -0.368 e. The molecule has 0 bridgehead atoms. The Hall–Kier alpha value is -1.85. The van der Waals surface area contributed by atoms with E-state index in [4.69, 9.17) is 5.73 Å². The summed E-state index contributed by atoms with van der Waals surface area (Å²) in [6, 6.07) is -0.407. The van der Waals surface area contributed by atoms with Crippen molar-refractivity contribution in [3.63, 3.8) is 0 Å². The Labute approximate surface area is 118 Å². The molecule has 0 spiro atoms. The minimum absolute atomic E-state index is 0.188. The molecular weight excluding hydrogens is 256 g/mol. The molecule has 20 heavy (non-hydrogen) atoms. The highest BCUT2D eigenvalue weighted by Crippen LogP contribution is 2.28. The van der Waals surface area contributed by atoms with Crippen molar-refractivity contribution in [2.75, 3.05) is 0 Å². The fraction of sp³-hybridized carbons (Fsp3) is 0.643. The molecule has 1 fully saturated rings. The Kier molecular flexibility index (Phi) is 4.11. The summed E-state index contributed by atoms with van der Waals surface area (Å²) in [7, 11) is 0. The van der Waals surface area contributed by atoms with Gasteiger partial charge in [0.15, 0.2) is 0 Å². The van der Waals surface area contributed by atoms with Crippen LogP contribution < -0.4 is 11.1 Å². The third kappa shape index (κ3) is 2.69. The molecule has 0 saturated heterocycles. The highest BCUT2D eigenvalue weighted by atomic mass is 16.2. The SMILES string of the molecule is Cc1nccn1C(C)C(=O)NC1(C(N)=O)CCCCC1. The zero-order valence-corrected chi connectivity index (χ0v) is 12.1. The summed E-state index contributed by atoms with van der Waals surface area (Å²) in [5, 5.41) is 2.88. The number of aryl methyl sites for hydroxylation is 1. The second kappa shape index (κ2) is 5.64. The summed E-state index contributed by atoms with van der Waals surface area (Å²) in [5.41, 5.74) is 4.65. The molecule has 3 N–H and O–H groups in total. The van der Waals surface area contributed by atoms with E-state index in [1.165, 1.54) is 0 Å². The molecule has 6 nitrogen and oxygen atoms in total. The van der Waals surface area contributed by atoms with Crippen LogP contribution in [0.4, 0.5) is 0 Å². The molecular formula is C14H22N4O2. The van der Waals surface area contributed by atoms with Gasteiger partial charge >= 0.3 is 0 Å². The lowest BCUT2D eigenvalue weighted by Gasteiger charge is -2.36. The van der Waals surface area contributed by atoms with Crippen molar-refractivity contribution < 1.29 is 9.59 Å². The highest BCUT2D eigenvalue weighted by molar-refractivity contribution is 5.91. The number of hydrogen-bond acceptors (Lipinski definition) is 3. The monoisotopic (exact) mass is 278 g/mol. The van der Waals surface area contributed by atoms with E-state index in [0.29, 0.717) is 12.8 Å². The molecule has 6 heteroatoms. The average Bonchev–Trinajstić information content (AvgIpc) is 2.85. The molecule has 1 aliphatic rings. The molecule has 1 aromatic rings. The summed E-state index contributed by atoms with van der Waals surface area (Å²) >= 11 is 0. The first-order valence-electron chi connectivity index (χ1n) is 7.08. The number of hydrogen-bond donors (Lipinski definition) is 2. The van der Waals surface area contributed by atoms with Crippen molar-refractivity contribution >= 4 is 11.8 Å². The maximum atomic E-state index is 12.4. The summed E-state index contributed by atoms with van der Waals surface area (Å²) in [4.78, 5) is 28.3. The number of carbonyl (C=O) groups is 2. The van der Waals surface area contributed by atoms with Gasteiger partial charge in [0.05, 0.1) is 0 Å². The first-order valence-corrected chi connectivity index (χ1v) is 7.08. The van der Waals surface area contributed by atoms with E-state index in [-0.39, 0.29) is 5.91 Å². The Balaban J connectivity index is 2.13. The second-order valence-electron chi connectivity index (χ2n) is 5.55. The Bertz CT molecular complexity index is 503. The van der Waals surface area contributed by atoms with Gasteiger partial charge in [-0.25, -0.2) is 4.98 Å². The summed E-state index contributed by atoms with van der Waals surface area (Å²) in [6.45, 7) is 3.63. The van der Waals surface area contributed by atoms with Crippen molar-refractivity contribution in [2.24, 2.45) is 5.73 Å². The number of aromatic nitrogens is 2. The zero-order chi connectivity index (χ0) is 14.8. The second-order valence-corrected chi connectivity index (χ2v) is 5.55. The fourth-order valence-electron chi connectivity index (χ4n) is 2.85. The van der Waals surface area contributed by atoms with E-state index in [1.54, 1.807) is 23.9 Å². The Morgan fingerprint density at radius 3 is 2.55 bits per heavy atom. The summed E-state index contributed by atoms with van der Waals surface area (Å²) in [6.07, 6.45) is 7.60. The lowest BCUT2D eigenvalue weighted by atomic mass is 9.81. The topological polar surface area (TPSA) is 90.0 Å². The van der Waals surface area contributed by atoms with Crippen molar-refractivity contribution in [1.29, 1.82) is 0 Å². The molecule has 1 aromatic heterocycles. The van der Waals surface area contributed by atoms with Gasteiger partial charge in [0.2, 0.25) is 11.8 Å². The molecule has 110 valence electrons. The molecule has 2 amide bonds. The van der Waals surface area contributed by atoms with Gasteiger partial charge in [0, 0.05) is 12.4 Å². The average molecular weight is 278 g/mol. The predicted octanol–water partition coefficient (Wildman–Crippen LogP) is 1.06. The summed E-state index contributed by atoms with van der Waals surface area (Å²) < 4.78 is 1.78. The number of primary amides is 1. The smallest absolute Gasteiger partial charge is 0.243 e. The fourth-order valence-corrected chi connectivity index (χ4v) is 2.85. The molecule has 1 aliphatic carbocycles. The minimum atomic E-state index is -0.877. The van der Waals surface area contributed by atoms with E-state index in [0.717, 1.165) is 25.1 Å². The van der Waals surface area contributed by atoms with Gasteiger partial charge in [-0.2, -0.15) is 0 Å². The van der Waals surface area contributed by atoms with Crippen LogP contribution in [0.5, 0.6) is 0 Å². The van der Waals surface area contributed by atoms with Crippen LogP contribution in [0.3, 0.4) is 0 Å². The first kappa shape index (κ1) is 14.6.